The van der Waals surface area contributed by atoms with E-state index >= 15 is 0 Å². The summed E-state index contributed by atoms with van der Waals surface area (Å²) in [6.07, 6.45) is 4.73. The monoisotopic (exact) mass is 222 g/mol. The van der Waals surface area contributed by atoms with Gasteiger partial charge in [-0.3, -0.25) is 4.98 Å². The highest BCUT2D eigenvalue weighted by Gasteiger charge is 2.04. The first-order valence-corrected chi connectivity index (χ1v) is 5.90. The molecule has 1 N–H and O–H groups in total. The van der Waals surface area contributed by atoms with Gasteiger partial charge in [-0.1, -0.05) is 13.8 Å². The minimum Gasteiger partial charge on any atom is -0.369 e. The average molecular weight is 222 g/mol. The van der Waals surface area contributed by atoms with Gasteiger partial charge in [0.1, 0.15) is 11.6 Å². The van der Waals surface area contributed by atoms with E-state index in [0.717, 1.165) is 24.7 Å². The van der Waals surface area contributed by atoms with Crippen LogP contribution in [0.3, 0.4) is 0 Å². The van der Waals surface area contributed by atoms with Crippen molar-refractivity contribution >= 4 is 11.6 Å². The first-order valence-electron chi connectivity index (χ1n) is 5.90. The second-order valence-electron chi connectivity index (χ2n) is 4.40. The van der Waals surface area contributed by atoms with Crippen molar-refractivity contribution in [2.75, 3.05) is 30.4 Å². The lowest BCUT2D eigenvalue weighted by atomic mass is 10.1. The number of hydrogen-bond donors (Lipinski definition) is 1. The van der Waals surface area contributed by atoms with Gasteiger partial charge in [0.2, 0.25) is 0 Å². The fourth-order valence-corrected chi connectivity index (χ4v) is 1.37. The summed E-state index contributed by atoms with van der Waals surface area (Å²) in [5, 5.41) is 3.17. The van der Waals surface area contributed by atoms with Crippen molar-refractivity contribution in [1.82, 2.24) is 9.97 Å². The molecule has 0 atom stereocenters. The number of rotatable bonds is 6. The van der Waals surface area contributed by atoms with E-state index in [4.69, 9.17) is 0 Å². The van der Waals surface area contributed by atoms with E-state index in [-0.39, 0.29) is 0 Å². The highest BCUT2D eigenvalue weighted by Crippen LogP contribution is 2.12. The molecular formula is C12H22N4. The predicted molar refractivity (Wildman–Crippen MR) is 68.9 cm³/mol. The SMILES string of the molecule is CCNc1cncc(N(C)CCC(C)C)n1. The summed E-state index contributed by atoms with van der Waals surface area (Å²) >= 11 is 0. The number of nitrogens with zero attached hydrogens (tertiary/aromatic N) is 3. The van der Waals surface area contributed by atoms with Crippen LogP contribution >= 0.6 is 0 Å². The van der Waals surface area contributed by atoms with E-state index in [1.54, 1.807) is 12.4 Å². The van der Waals surface area contributed by atoms with Gasteiger partial charge in [0.15, 0.2) is 0 Å². The standard InChI is InChI=1S/C12H22N4/c1-5-14-11-8-13-9-12(15-11)16(4)7-6-10(2)3/h8-10H,5-7H2,1-4H3,(H,14,15). The smallest absolute Gasteiger partial charge is 0.149 e. The molecule has 1 rings (SSSR count). The molecule has 0 amide bonds. The summed E-state index contributed by atoms with van der Waals surface area (Å²) in [4.78, 5) is 10.8. The Balaban J connectivity index is 2.60. The number of nitrogens with one attached hydrogen (secondary N) is 1. The van der Waals surface area contributed by atoms with Gasteiger partial charge in [-0.15, -0.1) is 0 Å². The van der Waals surface area contributed by atoms with Crippen molar-refractivity contribution in [2.45, 2.75) is 27.2 Å². The Kier molecular flexibility index (Phi) is 5.02. The molecule has 0 saturated carbocycles. The molecule has 1 heterocycles. The number of aromatic nitrogens is 2. The minimum atomic E-state index is 0.715. The Hall–Kier alpha value is -1.32. The summed E-state index contributed by atoms with van der Waals surface area (Å²) < 4.78 is 0. The van der Waals surface area contributed by atoms with E-state index in [1.807, 2.05) is 0 Å². The Morgan fingerprint density at radius 1 is 1.38 bits per heavy atom. The Bertz CT molecular complexity index is 312. The van der Waals surface area contributed by atoms with Gasteiger partial charge in [-0.05, 0) is 19.3 Å². The Morgan fingerprint density at radius 2 is 2.12 bits per heavy atom. The van der Waals surface area contributed by atoms with Gasteiger partial charge in [-0.25, -0.2) is 4.98 Å². The van der Waals surface area contributed by atoms with Crippen molar-refractivity contribution in [1.29, 1.82) is 0 Å². The third-order valence-electron chi connectivity index (χ3n) is 2.41. The lowest BCUT2D eigenvalue weighted by Crippen LogP contribution is -2.21. The second kappa shape index (κ2) is 6.30. The molecule has 0 aliphatic carbocycles. The van der Waals surface area contributed by atoms with Gasteiger partial charge < -0.3 is 10.2 Å². The van der Waals surface area contributed by atoms with Crippen LogP contribution < -0.4 is 10.2 Å². The van der Waals surface area contributed by atoms with Crippen molar-refractivity contribution in [2.24, 2.45) is 5.92 Å². The topological polar surface area (TPSA) is 41.1 Å². The number of anilines is 2. The molecule has 0 bridgehead atoms. The maximum absolute atomic E-state index is 4.49. The number of hydrogen-bond acceptors (Lipinski definition) is 4. The average Bonchev–Trinajstić information content (AvgIpc) is 2.26. The Morgan fingerprint density at radius 3 is 2.75 bits per heavy atom. The third kappa shape index (κ3) is 4.04. The Labute approximate surface area is 98.1 Å². The highest BCUT2D eigenvalue weighted by atomic mass is 15.2. The molecule has 1 aromatic heterocycles. The maximum atomic E-state index is 4.49. The zero-order chi connectivity index (χ0) is 12.0. The molecular weight excluding hydrogens is 200 g/mol. The fraction of sp³-hybridized carbons (Fsp3) is 0.667. The van der Waals surface area contributed by atoms with Crippen LogP contribution in [-0.2, 0) is 0 Å². The zero-order valence-corrected chi connectivity index (χ0v) is 10.7. The van der Waals surface area contributed by atoms with Gasteiger partial charge in [0, 0.05) is 20.1 Å². The van der Waals surface area contributed by atoms with Gasteiger partial charge in [0.05, 0.1) is 12.4 Å². The normalized spacial score (nSPS) is 10.6. The van der Waals surface area contributed by atoms with E-state index < -0.39 is 0 Å². The second-order valence-corrected chi connectivity index (χ2v) is 4.40. The zero-order valence-electron chi connectivity index (χ0n) is 10.7. The quantitative estimate of drug-likeness (QED) is 0.802. The summed E-state index contributed by atoms with van der Waals surface area (Å²) in [6.45, 7) is 8.40. The lowest BCUT2D eigenvalue weighted by molar-refractivity contribution is 0.583. The van der Waals surface area contributed by atoms with Crippen molar-refractivity contribution in [3.05, 3.63) is 12.4 Å². The molecule has 4 nitrogen and oxygen atoms in total. The molecule has 0 aliphatic heterocycles. The van der Waals surface area contributed by atoms with Crippen molar-refractivity contribution < 1.29 is 0 Å². The van der Waals surface area contributed by atoms with Crippen molar-refractivity contribution in [3.8, 4) is 0 Å². The molecule has 0 aliphatic rings. The molecule has 0 fully saturated rings. The molecule has 0 saturated heterocycles. The molecule has 0 spiro atoms. The van der Waals surface area contributed by atoms with Crippen LogP contribution in [0.2, 0.25) is 0 Å². The molecule has 0 unspecified atom stereocenters. The van der Waals surface area contributed by atoms with Gasteiger partial charge in [-0.2, -0.15) is 0 Å². The van der Waals surface area contributed by atoms with Crippen LogP contribution in [0.5, 0.6) is 0 Å². The van der Waals surface area contributed by atoms with E-state index in [9.17, 15) is 0 Å². The molecule has 4 heteroatoms. The van der Waals surface area contributed by atoms with Crippen LogP contribution in [-0.4, -0.2) is 30.1 Å². The molecule has 16 heavy (non-hydrogen) atoms. The van der Waals surface area contributed by atoms with Crippen LogP contribution in [0.15, 0.2) is 12.4 Å². The van der Waals surface area contributed by atoms with Gasteiger partial charge in [0.25, 0.3) is 0 Å². The highest BCUT2D eigenvalue weighted by molar-refractivity contribution is 5.42. The third-order valence-corrected chi connectivity index (χ3v) is 2.41. The summed E-state index contributed by atoms with van der Waals surface area (Å²) in [6, 6.07) is 0. The lowest BCUT2D eigenvalue weighted by Gasteiger charge is -2.19. The first-order chi connectivity index (χ1) is 7.63. The summed E-state index contributed by atoms with van der Waals surface area (Å²) in [5.74, 6) is 2.49. The maximum Gasteiger partial charge on any atom is 0.149 e. The van der Waals surface area contributed by atoms with E-state index in [1.165, 1.54) is 6.42 Å². The molecule has 90 valence electrons. The van der Waals surface area contributed by atoms with Crippen LogP contribution in [0.4, 0.5) is 11.6 Å². The van der Waals surface area contributed by atoms with Gasteiger partial charge >= 0.3 is 0 Å². The molecule has 0 aromatic carbocycles. The predicted octanol–water partition coefficient (Wildman–Crippen LogP) is 2.39. The summed E-state index contributed by atoms with van der Waals surface area (Å²) in [7, 11) is 2.06. The largest absolute Gasteiger partial charge is 0.369 e. The fourth-order valence-electron chi connectivity index (χ4n) is 1.37. The molecule has 1 aromatic rings. The minimum absolute atomic E-state index is 0.715. The van der Waals surface area contributed by atoms with E-state index in [0.29, 0.717) is 5.92 Å². The van der Waals surface area contributed by atoms with Crippen LogP contribution in [0, 0.1) is 5.92 Å². The van der Waals surface area contributed by atoms with E-state index in [2.05, 4.69) is 48.0 Å². The molecule has 0 radical (unpaired) electrons. The van der Waals surface area contributed by atoms with Crippen molar-refractivity contribution in [3.63, 3.8) is 0 Å². The summed E-state index contributed by atoms with van der Waals surface area (Å²) in [5.41, 5.74) is 0. The first kappa shape index (κ1) is 12.7. The van der Waals surface area contributed by atoms with Crippen LogP contribution in [0.25, 0.3) is 0 Å². The van der Waals surface area contributed by atoms with Crippen LogP contribution in [0.1, 0.15) is 27.2 Å².